The Morgan fingerprint density at radius 1 is 1.00 bits per heavy atom. The molecule has 10 heteroatoms. The smallest absolute Gasteiger partial charge is 0.326 e. The maximum atomic E-state index is 12.6. The molecule has 1 aliphatic rings. The maximum Gasteiger partial charge on any atom is 0.326 e. The molecule has 1 rings (SSSR count). The lowest BCUT2D eigenvalue weighted by Crippen LogP contribution is -2.54. The Labute approximate surface area is 171 Å². The summed E-state index contributed by atoms with van der Waals surface area (Å²) in [7, 11) is 0. The first-order valence-corrected chi connectivity index (χ1v) is 9.46. The molecule has 158 valence electrons. The molecule has 0 aromatic rings. The molecular formula is C17H34BrN5O4. The molecule has 1 heterocycles. The van der Waals surface area contributed by atoms with Gasteiger partial charge in [-0.2, -0.15) is 0 Å². The minimum absolute atomic E-state index is 0. The summed E-state index contributed by atoms with van der Waals surface area (Å²) in [5, 5.41) is 17.7. The van der Waals surface area contributed by atoms with Crippen LogP contribution in [0.4, 0.5) is 0 Å². The zero-order valence-corrected chi connectivity index (χ0v) is 17.5. The molecule has 0 radical (unpaired) electrons. The number of carbonyl (C=O) groups excluding carboxylic acids is 2. The van der Waals surface area contributed by atoms with E-state index >= 15 is 0 Å². The number of carboxylic acid groups (broad SMARTS) is 1. The van der Waals surface area contributed by atoms with Gasteiger partial charge in [-0.05, 0) is 71.0 Å². The first-order chi connectivity index (χ1) is 12.5. The van der Waals surface area contributed by atoms with Crippen LogP contribution in [0.3, 0.4) is 0 Å². The van der Waals surface area contributed by atoms with E-state index < -0.39 is 24.0 Å². The lowest BCUT2D eigenvalue weighted by atomic mass is 10.1. The fourth-order valence-corrected chi connectivity index (χ4v) is 2.96. The van der Waals surface area contributed by atoms with Gasteiger partial charge in [-0.1, -0.05) is 0 Å². The van der Waals surface area contributed by atoms with E-state index in [1.807, 2.05) is 0 Å². The molecule has 0 aromatic carbocycles. The molecule has 0 saturated carbocycles. The van der Waals surface area contributed by atoms with Crippen LogP contribution in [0.1, 0.15) is 51.4 Å². The summed E-state index contributed by atoms with van der Waals surface area (Å²) in [6.07, 6.45) is 5.12. The molecule has 0 spiro atoms. The van der Waals surface area contributed by atoms with E-state index in [9.17, 15) is 19.5 Å². The van der Waals surface area contributed by atoms with Gasteiger partial charge in [0.2, 0.25) is 11.8 Å². The van der Waals surface area contributed by atoms with Crippen LogP contribution < -0.4 is 27.4 Å². The molecule has 0 aliphatic carbocycles. The van der Waals surface area contributed by atoms with Crippen molar-refractivity contribution in [1.82, 2.24) is 16.0 Å². The number of amides is 2. The molecule has 0 bridgehead atoms. The van der Waals surface area contributed by atoms with Gasteiger partial charge in [0.25, 0.3) is 0 Å². The lowest BCUT2D eigenvalue weighted by molar-refractivity contribution is -0.142. The zero-order chi connectivity index (χ0) is 19.4. The van der Waals surface area contributed by atoms with Crippen LogP contribution in [-0.4, -0.2) is 60.6 Å². The van der Waals surface area contributed by atoms with E-state index in [-0.39, 0.29) is 28.9 Å². The van der Waals surface area contributed by atoms with Gasteiger partial charge in [-0.3, -0.25) is 9.59 Å². The van der Waals surface area contributed by atoms with Gasteiger partial charge in [0.15, 0.2) is 0 Å². The second-order valence-corrected chi connectivity index (χ2v) is 6.68. The van der Waals surface area contributed by atoms with Gasteiger partial charge in [0, 0.05) is 0 Å². The van der Waals surface area contributed by atoms with Gasteiger partial charge in [-0.15, -0.1) is 17.0 Å². The van der Waals surface area contributed by atoms with E-state index in [1.165, 1.54) is 0 Å². The van der Waals surface area contributed by atoms with Crippen molar-refractivity contribution in [2.45, 2.75) is 69.5 Å². The first-order valence-electron chi connectivity index (χ1n) is 9.46. The molecule has 2 amide bonds. The maximum absolute atomic E-state index is 12.6. The summed E-state index contributed by atoms with van der Waals surface area (Å²) < 4.78 is 0. The Bertz CT molecular complexity index is 461. The third kappa shape index (κ3) is 10.0. The number of hydrogen-bond donors (Lipinski definition) is 6. The number of carboxylic acids is 1. The average Bonchev–Trinajstić information content (AvgIpc) is 3.14. The number of nitrogens with one attached hydrogen (secondary N) is 3. The molecule has 1 unspecified atom stereocenters. The van der Waals surface area contributed by atoms with Crippen LogP contribution in [0.5, 0.6) is 0 Å². The van der Waals surface area contributed by atoms with Gasteiger partial charge < -0.3 is 32.5 Å². The SMILES string of the molecule is Br.NCCCC[C@H](NC(=O)[C@H](CCCCN)NC(=O)C1CCCN1)C(=O)O. The average molecular weight is 452 g/mol. The number of hydrogen-bond acceptors (Lipinski definition) is 6. The Morgan fingerprint density at radius 3 is 2.07 bits per heavy atom. The molecular weight excluding hydrogens is 418 g/mol. The lowest BCUT2D eigenvalue weighted by Gasteiger charge is -2.23. The molecule has 0 aromatic heterocycles. The fourth-order valence-electron chi connectivity index (χ4n) is 2.96. The largest absolute Gasteiger partial charge is 0.480 e. The van der Waals surface area contributed by atoms with Crippen LogP contribution in [0.25, 0.3) is 0 Å². The van der Waals surface area contributed by atoms with Crippen LogP contribution in [0.2, 0.25) is 0 Å². The van der Waals surface area contributed by atoms with Crippen LogP contribution in [-0.2, 0) is 14.4 Å². The number of unbranched alkanes of at least 4 members (excludes halogenated alkanes) is 2. The quantitative estimate of drug-likeness (QED) is 0.208. The summed E-state index contributed by atoms with van der Waals surface area (Å²) >= 11 is 0. The highest BCUT2D eigenvalue weighted by atomic mass is 79.9. The van der Waals surface area contributed by atoms with Crippen molar-refractivity contribution in [3.05, 3.63) is 0 Å². The molecule has 1 fully saturated rings. The van der Waals surface area contributed by atoms with Crippen LogP contribution in [0.15, 0.2) is 0 Å². The molecule has 9 nitrogen and oxygen atoms in total. The molecule has 1 aliphatic heterocycles. The fraction of sp³-hybridized carbons (Fsp3) is 0.824. The summed E-state index contributed by atoms with van der Waals surface area (Å²) in [5.74, 6) is -1.77. The number of halogens is 1. The highest BCUT2D eigenvalue weighted by Crippen LogP contribution is 2.08. The van der Waals surface area contributed by atoms with Crippen molar-refractivity contribution < 1.29 is 19.5 Å². The number of carbonyl (C=O) groups is 3. The Kier molecular flexibility index (Phi) is 14.1. The van der Waals surface area contributed by atoms with Crippen molar-refractivity contribution in [2.24, 2.45) is 11.5 Å². The Balaban J connectivity index is 0.00000676. The summed E-state index contributed by atoms with van der Waals surface area (Å²) in [6, 6.07) is -2.03. The molecule has 27 heavy (non-hydrogen) atoms. The summed E-state index contributed by atoms with van der Waals surface area (Å²) in [4.78, 5) is 36.3. The minimum Gasteiger partial charge on any atom is -0.480 e. The van der Waals surface area contributed by atoms with Crippen molar-refractivity contribution in [3.63, 3.8) is 0 Å². The van der Waals surface area contributed by atoms with Crippen molar-refractivity contribution in [3.8, 4) is 0 Å². The number of nitrogens with two attached hydrogens (primary N) is 2. The standard InChI is InChI=1S/C17H33N5O4.BrH/c18-9-3-1-6-13(21-15(23)12-8-5-11-20-12)16(24)22-14(17(25)26)7-2-4-10-19;/h12-14,20H,1-11,18-19H2,(H,21,23)(H,22,24)(H,25,26);1H/t12?,13-,14-;/m0./s1. The number of rotatable bonds is 13. The number of aliphatic carboxylic acids is 1. The first kappa shape index (κ1) is 25.8. The third-order valence-electron chi connectivity index (χ3n) is 4.52. The van der Waals surface area contributed by atoms with Crippen molar-refractivity contribution >= 4 is 34.8 Å². The second-order valence-electron chi connectivity index (χ2n) is 6.68. The van der Waals surface area contributed by atoms with E-state index in [4.69, 9.17) is 11.5 Å². The van der Waals surface area contributed by atoms with Crippen molar-refractivity contribution in [1.29, 1.82) is 0 Å². The van der Waals surface area contributed by atoms with Gasteiger partial charge in [0.1, 0.15) is 12.1 Å². The zero-order valence-electron chi connectivity index (χ0n) is 15.7. The summed E-state index contributed by atoms with van der Waals surface area (Å²) in [5.41, 5.74) is 10.9. The molecule has 8 N–H and O–H groups in total. The second kappa shape index (κ2) is 14.8. The molecule has 3 atom stereocenters. The van der Waals surface area contributed by atoms with E-state index in [0.717, 1.165) is 25.8 Å². The monoisotopic (exact) mass is 451 g/mol. The third-order valence-corrected chi connectivity index (χ3v) is 4.52. The van der Waals surface area contributed by atoms with E-state index in [0.29, 0.717) is 45.2 Å². The normalized spacial score (nSPS) is 18.2. The van der Waals surface area contributed by atoms with E-state index in [1.54, 1.807) is 0 Å². The predicted molar refractivity (Wildman–Crippen MR) is 109 cm³/mol. The topological polar surface area (TPSA) is 160 Å². The van der Waals surface area contributed by atoms with Crippen molar-refractivity contribution in [2.75, 3.05) is 19.6 Å². The van der Waals surface area contributed by atoms with Crippen LogP contribution in [0, 0.1) is 0 Å². The van der Waals surface area contributed by atoms with Crippen LogP contribution >= 0.6 is 17.0 Å². The Hall–Kier alpha value is -1.23. The van der Waals surface area contributed by atoms with Gasteiger partial charge in [0.05, 0.1) is 6.04 Å². The predicted octanol–water partition coefficient (Wildman–Crippen LogP) is -0.371. The highest BCUT2D eigenvalue weighted by Gasteiger charge is 2.29. The Morgan fingerprint density at radius 2 is 1.59 bits per heavy atom. The van der Waals surface area contributed by atoms with E-state index in [2.05, 4.69) is 16.0 Å². The minimum atomic E-state index is -1.08. The summed E-state index contributed by atoms with van der Waals surface area (Å²) in [6.45, 7) is 1.76. The van der Waals surface area contributed by atoms with Gasteiger partial charge in [-0.25, -0.2) is 4.79 Å². The van der Waals surface area contributed by atoms with Gasteiger partial charge >= 0.3 is 5.97 Å². The molecule has 1 saturated heterocycles. The highest BCUT2D eigenvalue weighted by molar-refractivity contribution is 8.93.